The summed E-state index contributed by atoms with van der Waals surface area (Å²) in [5.41, 5.74) is 2.31. The van der Waals surface area contributed by atoms with Crippen LogP contribution in [0, 0.1) is 11.8 Å². The third-order valence-corrected chi connectivity index (χ3v) is 6.90. The van der Waals surface area contributed by atoms with Crippen LogP contribution >= 0.6 is 15.9 Å². The molecular weight excluding hydrogens is 514 g/mol. The third kappa shape index (κ3) is 8.72. The van der Waals surface area contributed by atoms with Gasteiger partial charge in [0.1, 0.15) is 5.60 Å². The summed E-state index contributed by atoms with van der Waals surface area (Å²) in [7, 11) is 0. The van der Waals surface area contributed by atoms with Crippen molar-refractivity contribution in [2.75, 3.05) is 13.1 Å². The molecule has 3 aromatic carbocycles. The van der Waals surface area contributed by atoms with Crippen molar-refractivity contribution in [3.63, 3.8) is 0 Å². The van der Waals surface area contributed by atoms with E-state index < -0.39 is 0 Å². The van der Waals surface area contributed by atoms with Crippen LogP contribution in [0.4, 0.5) is 0 Å². The van der Waals surface area contributed by atoms with Crippen LogP contribution in [0.3, 0.4) is 0 Å². The Kier molecular flexibility index (Phi) is 10.5. The second-order valence-corrected chi connectivity index (χ2v) is 11.9. The van der Waals surface area contributed by atoms with E-state index in [9.17, 15) is 4.79 Å². The lowest BCUT2D eigenvalue weighted by atomic mass is 9.75. The van der Waals surface area contributed by atoms with Crippen LogP contribution < -0.4 is 5.32 Å². The number of piperidine rings is 1. The van der Waals surface area contributed by atoms with Gasteiger partial charge in [-0.15, -0.1) is 0 Å². The molecule has 3 unspecified atom stereocenters. The van der Waals surface area contributed by atoms with Gasteiger partial charge in [0.2, 0.25) is 0 Å². The number of fused-ring (bicyclic) bond motifs is 1. The predicted molar refractivity (Wildman–Crippen MR) is 152 cm³/mol. The fourth-order valence-electron chi connectivity index (χ4n) is 4.81. The van der Waals surface area contributed by atoms with Gasteiger partial charge >= 0.3 is 0 Å². The highest BCUT2D eigenvalue weighted by Gasteiger charge is 2.35. The van der Waals surface area contributed by atoms with Gasteiger partial charge in [0.05, 0.1) is 12.7 Å². The van der Waals surface area contributed by atoms with E-state index in [0.29, 0.717) is 30.8 Å². The Balaban J connectivity index is 0.000000454. The highest BCUT2D eigenvalue weighted by atomic mass is 79.9. The molecule has 0 spiro atoms. The zero-order valence-electron chi connectivity index (χ0n) is 22.2. The standard InChI is InChI=1S/C26H30BrNO.C5H10O2/c1-18(2)13-23-15-28-16-25(26(23)21-9-11-24(27)12-10-21)29-17-19-7-8-20-5-3-4-6-22(20)14-19;1-5(2,3)7-4-6/h3-12,14,18,23,25-26,28H,13,15-17H2,1-2H3;4H,1-3H3. The molecule has 1 heterocycles. The Labute approximate surface area is 224 Å². The van der Waals surface area contributed by atoms with Crippen LogP contribution in [0.1, 0.15) is 58.1 Å². The summed E-state index contributed by atoms with van der Waals surface area (Å²) >= 11 is 3.58. The number of ether oxygens (including phenoxy) is 2. The van der Waals surface area contributed by atoms with Gasteiger partial charge in [-0.3, -0.25) is 4.79 Å². The molecule has 4 rings (SSSR count). The fourth-order valence-corrected chi connectivity index (χ4v) is 5.08. The molecule has 1 fully saturated rings. The topological polar surface area (TPSA) is 47.6 Å². The van der Waals surface area contributed by atoms with Crippen LogP contribution in [-0.4, -0.2) is 31.3 Å². The molecule has 3 aromatic rings. The van der Waals surface area contributed by atoms with Crippen molar-refractivity contribution < 1.29 is 14.3 Å². The predicted octanol–water partition coefficient (Wildman–Crippen LogP) is 7.49. The van der Waals surface area contributed by atoms with Crippen molar-refractivity contribution in [3.05, 3.63) is 82.3 Å². The van der Waals surface area contributed by atoms with Crippen molar-refractivity contribution >= 4 is 33.2 Å². The first-order valence-electron chi connectivity index (χ1n) is 12.8. The Morgan fingerprint density at radius 2 is 1.69 bits per heavy atom. The molecular formula is C31H40BrNO3. The number of hydrogen-bond donors (Lipinski definition) is 1. The molecule has 5 heteroatoms. The van der Waals surface area contributed by atoms with Gasteiger partial charge in [-0.2, -0.15) is 0 Å². The van der Waals surface area contributed by atoms with Gasteiger partial charge in [-0.1, -0.05) is 78.3 Å². The monoisotopic (exact) mass is 553 g/mol. The van der Waals surface area contributed by atoms with Crippen molar-refractivity contribution in [2.45, 2.75) is 65.3 Å². The van der Waals surface area contributed by atoms with Crippen molar-refractivity contribution in [1.29, 1.82) is 0 Å². The normalized spacial score (nSPS) is 20.0. The molecule has 0 amide bonds. The minimum Gasteiger partial charge on any atom is -0.462 e. The quantitative estimate of drug-likeness (QED) is 0.308. The summed E-state index contributed by atoms with van der Waals surface area (Å²) in [4.78, 5) is 9.60. The number of nitrogens with one attached hydrogen (secondary N) is 1. The fraction of sp³-hybridized carbons (Fsp3) is 0.452. The SMILES string of the molecule is CC(C)(C)OC=O.CC(C)CC1CNCC(OCc2ccc3ccccc3c2)C1c1ccc(Br)cc1. The second kappa shape index (κ2) is 13.4. The van der Waals surface area contributed by atoms with Gasteiger partial charge < -0.3 is 14.8 Å². The Hall–Kier alpha value is -2.21. The van der Waals surface area contributed by atoms with Gasteiger partial charge in [0.15, 0.2) is 0 Å². The van der Waals surface area contributed by atoms with Crippen LogP contribution in [0.2, 0.25) is 0 Å². The number of hydrogen-bond acceptors (Lipinski definition) is 4. The number of carbonyl (C=O) groups excluding carboxylic acids is 1. The third-order valence-electron chi connectivity index (χ3n) is 6.37. The smallest absolute Gasteiger partial charge is 0.293 e. The number of benzene rings is 3. The molecule has 1 aliphatic rings. The molecule has 0 radical (unpaired) electrons. The molecule has 0 aromatic heterocycles. The summed E-state index contributed by atoms with van der Waals surface area (Å²) in [6.07, 6.45) is 1.39. The summed E-state index contributed by atoms with van der Waals surface area (Å²) in [6.45, 7) is 13.2. The highest BCUT2D eigenvalue weighted by molar-refractivity contribution is 9.10. The molecule has 36 heavy (non-hydrogen) atoms. The van der Waals surface area contributed by atoms with E-state index in [0.717, 1.165) is 17.6 Å². The molecule has 0 aliphatic carbocycles. The molecule has 194 valence electrons. The maximum absolute atomic E-state index is 9.60. The lowest BCUT2D eigenvalue weighted by molar-refractivity contribution is -0.138. The van der Waals surface area contributed by atoms with E-state index in [-0.39, 0.29) is 11.7 Å². The number of rotatable bonds is 7. The molecule has 0 saturated carbocycles. The summed E-state index contributed by atoms with van der Waals surface area (Å²) in [5.74, 6) is 1.69. The average Bonchev–Trinajstić information content (AvgIpc) is 2.83. The molecule has 1 aliphatic heterocycles. The lowest BCUT2D eigenvalue weighted by Gasteiger charge is -2.40. The number of carbonyl (C=O) groups is 1. The maximum Gasteiger partial charge on any atom is 0.293 e. The first-order valence-corrected chi connectivity index (χ1v) is 13.6. The first kappa shape index (κ1) is 28.4. The number of halogens is 1. The zero-order valence-corrected chi connectivity index (χ0v) is 23.8. The Morgan fingerprint density at radius 1 is 1.00 bits per heavy atom. The van der Waals surface area contributed by atoms with Gasteiger partial charge in [-0.05, 0) is 85.7 Å². The van der Waals surface area contributed by atoms with Crippen molar-refractivity contribution in [3.8, 4) is 0 Å². The first-order chi connectivity index (χ1) is 17.2. The van der Waals surface area contributed by atoms with E-state index in [2.05, 4.69) is 107 Å². The molecule has 1 saturated heterocycles. The molecule has 3 atom stereocenters. The van der Waals surface area contributed by atoms with E-state index in [1.165, 1.54) is 28.3 Å². The summed E-state index contributed by atoms with van der Waals surface area (Å²) in [6, 6.07) is 24.0. The van der Waals surface area contributed by atoms with Gasteiger partial charge in [0.25, 0.3) is 6.47 Å². The summed E-state index contributed by atoms with van der Waals surface area (Å²) < 4.78 is 12.2. The highest BCUT2D eigenvalue weighted by Crippen LogP contribution is 2.37. The summed E-state index contributed by atoms with van der Waals surface area (Å²) in [5, 5.41) is 6.19. The van der Waals surface area contributed by atoms with Gasteiger partial charge in [0, 0.05) is 16.9 Å². The lowest BCUT2D eigenvalue weighted by Crippen LogP contribution is -2.47. The zero-order chi connectivity index (χ0) is 26.1. The molecule has 1 N–H and O–H groups in total. The van der Waals surface area contributed by atoms with Crippen LogP contribution in [0.15, 0.2) is 71.2 Å². The van der Waals surface area contributed by atoms with E-state index in [4.69, 9.17) is 4.74 Å². The van der Waals surface area contributed by atoms with E-state index >= 15 is 0 Å². The van der Waals surface area contributed by atoms with Crippen LogP contribution in [0.5, 0.6) is 0 Å². The van der Waals surface area contributed by atoms with Crippen LogP contribution in [0.25, 0.3) is 10.8 Å². The van der Waals surface area contributed by atoms with E-state index in [1.54, 1.807) is 0 Å². The Bertz CT molecular complexity index is 1090. The average molecular weight is 555 g/mol. The second-order valence-electron chi connectivity index (χ2n) is 11.0. The Morgan fingerprint density at radius 3 is 2.31 bits per heavy atom. The van der Waals surface area contributed by atoms with Crippen molar-refractivity contribution in [1.82, 2.24) is 5.32 Å². The van der Waals surface area contributed by atoms with Gasteiger partial charge in [-0.25, -0.2) is 0 Å². The largest absolute Gasteiger partial charge is 0.462 e. The minimum absolute atomic E-state index is 0.181. The minimum atomic E-state index is -0.318. The maximum atomic E-state index is 9.60. The van der Waals surface area contributed by atoms with Crippen molar-refractivity contribution in [2.24, 2.45) is 11.8 Å². The molecule has 0 bridgehead atoms. The van der Waals surface area contributed by atoms with Crippen LogP contribution in [-0.2, 0) is 20.9 Å². The molecule has 4 nitrogen and oxygen atoms in total. The van der Waals surface area contributed by atoms with E-state index in [1.807, 2.05) is 20.8 Å².